The van der Waals surface area contributed by atoms with Crippen molar-refractivity contribution in [2.45, 2.75) is 39.3 Å². The zero-order valence-corrected chi connectivity index (χ0v) is 14.9. The number of H-pyrrole nitrogens is 1. The van der Waals surface area contributed by atoms with Gasteiger partial charge in [0.1, 0.15) is 5.69 Å². The van der Waals surface area contributed by atoms with Crippen LogP contribution in [-0.2, 0) is 19.5 Å². The number of hydrogen-bond donors (Lipinski definition) is 1. The van der Waals surface area contributed by atoms with E-state index in [1.807, 2.05) is 17.0 Å². The lowest BCUT2D eigenvalue weighted by Gasteiger charge is -2.27. The number of carbonyl (C=O) groups is 1. The van der Waals surface area contributed by atoms with E-state index in [1.165, 1.54) is 33.5 Å². The minimum Gasteiger partial charge on any atom is -0.358 e. The van der Waals surface area contributed by atoms with Crippen molar-refractivity contribution in [2.75, 3.05) is 6.54 Å². The van der Waals surface area contributed by atoms with Gasteiger partial charge in [0, 0.05) is 54.3 Å². The van der Waals surface area contributed by atoms with Crippen molar-refractivity contribution >= 4 is 16.8 Å². The normalized spacial score (nSPS) is 13.8. The van der Waals surface area contributed by atoms with E-state index in [2.05, 4.69) is 29.1 Å². The summed E-state index contributed by atoms with van der Waals surface area (Å²) in [6, 6.07) is 11.2. The first-order valence-corrected chi connectivity index (χ1v) is 9.13. The molecular formula is C20H22N4O2. The predicted octanol–water partition coefficient (Wildman–Crippen LogP) is 2.72. The van der Waals surface area contributed by atoms with Crippen molar-refractivity contribution in [3.05, 3.63) is 63.7 Å². The van der Waals surface area contributed by atoms with E-state index in [0.29, 0.717) is 25.3 Å². The maximum Gasteiger partial charge on any atom is 0.274 e. The molecule has 1 aliphatic heterocycles. The molecule has 6 heteroatoms. The highest BCUT2D eigenvalue weighted by molar-refractivity contribution is 5.93. The van der Waals surface area contributed by atoms with E-state index in [9.17, 15) is 9.59 Å². The van der Waals surface area contributed by atoms with Crippen molar-refractivity contribution in [1.82, 2.24) is 19.7 Å². The van der Waals surface area contributed by atoms with Gasteiger partial charge in [0.2, 0.25) is 0 Å². The van der Waals surface area contributed by atoms with Gasteiger partial charge >= 0.3 is 0 Å². The standard InChI is InChI=1S/C20H22N4O2/c1-2-3-11-24-19(25)9-8-18(22-24)20(26)23-12-10-17-15(13-23)14-6-4-5-7-16(14)21-17/h4-9,21H,2-3,10-13H2,1H3. The number of aromatic nitrogens is 3. The minimum atomic E-state index is -0.160. The molecule has 0 unspecified atom stereocenters. The molecule has 0 atom stereocenters. The number of para-hydroxylation sites is 1. The fourth-order valence-electron chi connectivity index (χ4n) is 3.53. The predicted molar refractivity (Wildman–Crippen MR) is 100 cm³/mol. The van der Waals surface area contributed by atoms with Gasteiger partial charge < -0.3 is 9.88 Å². The van der Waals surface area contributed by atoms with Crippen LogP contribution in [0, 0.1) is 0 Å². The van der Waals surface area contributed by atoms with Gasteiger partial charge in [0.15, 0.2) is 0 Å². The summed E-state index contributed by atoms with van der Waals surface area (Å²) in [5.74, 6) is -0.119. The third kappa shape index (κ3) is 2.92. The molecule has 3 aromatic rings. The van der Waals surface area contributed by atoms with E-state index in [-0.39, 0.29) is 11.5 Å². The van der Waals surface area contributed by atoms with Crippen LogP contribution in [0.4, 0.5) is 0 Å². The fraction of sp³-hybridized carbons (Fsp3) is 0.350. The fourth-order valence-corrected chi connectivity index (χ4v) is 3.53. The number of aryl methyl sites for hydroxylation is 1. The summed E-state index contributed by atoms with van der Waals surface area (Å²) in [4.78, 5) is 30.1. The number of unbranched alkanes of at least 4 members (excludes halogenated alkanes) is 1. The molecule has 0 bridgehead atoms. The minimum absolute atomic E-state index is 0.119. The summed E-state index contributed by atoms with van der Waals surface area (Å²) in [5, 5.41) is 5.46. The Labute approximate surface area is 151 Å². The Morgan fingerprint density at radius 2 is 2.08 bits per heavy atom. The molecule has 0 spiro atoms. The zero-order valence-electron chi connectivity index (χ0n) is 14.9. The van der Waals surface area contributed by atoms with Crippen LogP contribution >= 0.6 is 0 Å². The molecule has 1 aromatic carbocycles. The average Bonchev–Trinajstić information content (AvgIpc) is 3.04. The Hall–Kier alpha value is -2.89. The van der Waals surface area contributed by atoms with Crippen molar-refractivity contribution in [3.8, 4) is 0 Å². The first-order chi connectivity index (χ1) is 12.7. The molecule has 1 amide bonds. The van der Waals surface area contributed by atoms with Crippen LogP contribution in [0.1, 0.15) is 41.5 Å². The topological polar surface area (TPSA) is 71.0 Å². The van der Waals surface area contributed by atoms with Gasteiger partial charge in [-0.25, -0.2) is 4.68 Å². The SMILES string of the molecule is CCCCn1nc(C(=O)N2CCc3[nH]c4ccccc4c3C2)ccc1=O. The summed E-state index contributed by atoms with van der Waals surface area (Å²) >= 11 is 0. The average molecular weight is 350 g/mol. The Balaban J connectivity index is 1.61. The number of nitrogens with one attached hydrogen (secondary N) is 1. The van der Waals surface area contributed by atoms with Crippen molar-refractivity contribution in [2.24, 2.45) is 0 Å². The molecule has 4 rings (SSSR count). The number of fused-ring (bicyclic) bond motifs is 3. The molecule has 0 radical (unpaired) electrons. The molecule has 0 aliphatic carbocycles. The molecule has 3 heterocycles. The summed E-state index contributed by atoms with van der Waals surface area (Å²) in [6.45, 7) is 3.82. The summed E-state index contributed by atoms with van der Waals surface area (Å²) in [7, 11) is 0. The number of carbonyl (C=O) groups excluding carboxylic acids is 1. The molecule has 1 N–H and O–H groups in total. The second kappa shape index (κ2) is 6.78. The van der Waals surface area contributed by atoms with Gasteiger partial charge in [-0.1, -0.05) is 31.5 Å². The smallest absolute Gasteiger partial charge is 0.274 e. The number of amides is 1. The maximum atomic E-state index is 12.9. The molecule has 1 aliphatic rings. The third-order valence-electron chi connectivity index (χ3n) is 4.98. The van der Waals surface area contributed by atoms with Crippen LogP contribution in [-0.4, -0.2) is 32.1 Å². The number of benzene rings is 1. The van der Waals surface area contributed by atoms with Gasteiger partial charge in [0.25, 0.3) is 11.5 Å². The number of hydrogen-bond acceptors (Lipinski definition) is 3. The van der Waals surface area contributed by atoms with E-state index < -0.39 is 0 Å². The summed E-state index contributed by atoms with van der Waals surface area (Å²) in [5.41, 5.74) is 3.67. The van der Waals surface area contributed by atoms with Crippen LogP contribution < -0.4 is 5.56 Å². The van der Waals surface area contributed by atoms with Crippen molar-refractivity contribution in [3.63, 3.8) is 0 Å². The highest BCUT2D eigenvalue weighted by Gasteiger charge is 2.25. The third-order valence-corrected chi connectivity index (χ3v) is 4.98. The van der Waals surface area contributed by atoms with Crippen molar-refractivity contribution < 1.29 is 4.79 Å². The lowest BCUT2D eigenvalue weighted by molar-refractivity contribution is 0.0726. The van der Waals surface area contributed by atoms with Gasteiger partial charge in [0.05, 0.1) is 0 Å². The molecule has 0 saturated heterocycles. The Kier molecular flexibility index (Phi) is 4.32. The molecule has 134 valence electrons. The van der Waals surface area contributed by atoms with E-state index in [0.717, 1.165) is 24.8 Å². The molecule has 2 aromatic heterocycles. The molecule has 26 heavy (non-hydrogen) atoms. The Morgan fingerprint density at radius 3 is 2.92 bits per heavy atom. The van der Waals surface area contributed by atoms with E-state index in [1.54, 1.807) is 0 Å². The lowest BCUT2D eigenvalue weighted by Crippen LogP contribution is -2.37. The van der Waals surface area contributed by atoms with Gasteiger partial charge in [-0.2, -0.15) is 5.10 Å². The highest BCUT2D eigenvalue weighted by Crippen LogP contribution is 2.28. The molecule has 0 fully saturated rings. The van der Waals surface area contributed by atoms with Crippen LogP contribution in [0.5, 0.6) is 0 Å². The van der Waals surface area contributed by atoms with Gasteiger partial charge in [-0.15, -0.1) is 0 Å². The number of rotatable bonds is 4. The Bertz CT molecular complexity index is 1020. The Morgan fingerprint density at radius 1 is 1.23 bits per heavy atom. The first-order valence-electron chi connectivity index (χ1n) is 9.13. The highest BCUT2D eigenvalue weighted by atomic mass is 16.2. The first kappa shape index (κ1) is 16.6. The summed E-state index contributed by atoms with van der Waals surface area (Å²) in [6.07, 6.45) is 2.64. The van der Waals surface area contributed by atoms with E-state index >= 15 is 0 Å². The van der Waals surface area contributed by atoms with Gasteiger partial charge in [-0.3, -0.25) is 9.59 Å². The van der Waals surface area contributed by atoms with Gasteiger partial charge in [-0.05, 0) is 18.6 Å². The second-order valence-corrected chi connectivity index (χ2v) is 6.74. The van der Waals surface area contributed by atoms with Crippen LogP contribution in [0.3, 0.4) is 0 Å². The molecule has 6 nitrogen and oxygen atoms in total. The van der Waals surface area contributed by atoms with Crippen LogP contribution in [0.15, 0.2) is 41.2 Å². The summed E-state index contributed by atoms with van der Waals surface area (Å²) < 4.78 is 1.40. The van der Waals surface area contributed by atoms with Crippen LogP contribution in [0.2, 0.25) is 0 Å². The van der Waals surface area contributed by atoms with E-state index in [4.69, 9.17) is 0 Å². The quantitative estimate of drug-likeness (QED) is 0.786. The largest absolute Gasteiger partial charge is 0.358 e. The lowest BCUT2D eigenvalue weighted by atomic mass is 10.0. The molecule has 0 saturated carbocycles. The van der Waals surface area contributed by atoms with Crippen molar-refractivity contribution in [1.29, 1.82) is 0 Å². The number of aromatic amines is 1. The number of nitrogens with zero attached hydrogens (tertiary/aromatic N) is 3. The van der Waals surface area contributed by atoms with Crippen LogP contribution in [0.25, 0.3) is 10.9 Å². The monoisotopic (exact) mass is 350 g/mol. The maximum absolute atomic E-state index is 12.9. The zero-order chi connectivity index (χ0) is 18.1. The second-order valence-electron chi connectivity index (χ2n) is 6.74. The molecular weight excluding hydrogens is 328 g/mol.